The second-order valence-electron chi connectivity index (χ2n) is 6.17. The summed E-state index contributed by atoms with van der Waals surface area (Å²) in [6.45, 7) is 1.95. The molecule has 3 rings (SSSR count). The third-order valence-electron chi connectivity index (χ3n) is 4.48. The number of carbonyl (C=O) groups is 1. The molecular weight excluding hydrogens is 300 g/mol. The minimum Gasteiger partial charge on any atom is -0.380 e. The summed E-state index contributed by atoms with van der Waals surface area (Å²) in [6, 6.07) is 18.1. The lowest BCUT2D eigenvalue weighted by Crippen LogP contribution is -2.22. The number of carbonyl (C=O) groups excluding carboxylic acids is 1. The zero-order chi connectivity index (χ0) is 16.8. The highest BCUT2D eigenvalue weighted by Gasteiger charge is 2.22. The maximum atomic E-state index is 12.1. The molecule has 1 atom stereocenters. The number of anilines is 2. The van der Waals surface area contributed by atoms with Crippen LogP contribution in [-0.2, 0) is 16.0 Å². The van der Waals surface area contributed by atoms with Crippen LogP contribution in [0.2, 0.25) is 0 Å². The van der Waals surface area contributed by atoms with Gasteiger partial charge in [0.2, 0.25) is 5.91 Å². The van der Waals surface area contributed by atoms with Gasteiger partial charge in [-0.1, -0.05) is 30.3 Å². The van der Waals surface area contributed by atoms with Gasteiger partial charge < -0.3 is 15.0 Å². The van der Waals surface area contributed by atoms with Gasteiger partial charge in [-0.15, -0.1) is 0 Å². The molecule has 24 heavy (non-hydrogen) atoms. The fraction of sp³-hybridized carbons (Fsp3) is 0.350. The summed E-state index contributed by atoms with van der Waals surface area (Å²) in [7, 11) is 1.77. The lowest BCUT2D eigenvalue weighted by atomic mass is 10.1. The zero-order valence-electron chi connectivity index (χ0n) is 14.1. The Hall–Kier alpha value is -2.33. The van der Waals surface area contributed by atoms with Gasteiger partial charge in [-0.2, -0.15) is 0 Å². The highest BCUT2D eigenvalue weighted by Crippen LogP contribution is 2.23. The van der Waals surface area contributed by atoms with Gasteiger partial charge >= 0.3 is 0 Å². The first kappa shape index (κ1) is 16.5. The van der Waals surface area contributed by atoms with Gasteiger partial charge in [0.15, 0.2) is 0 Å². The van der Waals surface area contributed by atoms with Gasteiger partial charge in [-0.25, -0.2) is 0 Å². The topological polar surface area (TPSA) is 41.6 Å². The van der Waals surface area contributed by atoms with Gasteiger partial charge in [0.25, 0.3) is 0 Å². The molecule has 126 valence electrons. The van der Waals surface area contributed by atoms with Crippen LogP contribution in [0.15, 0.2) is 54.6 Å². The standard InChI is InChI=1S/C20H24N2O2/c1-24-19-13-14-22(15-19)18-10-8-17(9-11-18)21-20(23)12-7-16-5-3-2-4-6-16/h2-6,8-11,19H,7,12-15H2,1H3,(H,21,23). The van der Waals surface area contributed by atoms with Crippen LogP contribution in [0.1, 0.15) is 18.4 Å². The molecule has 1 aliphatic heterocycles. The van der Waals surface area contributed by atoms with Crippen LogP contribution >= 0.6 is 0 Å². The lowest BCUT2D eigenvalue weighted by molar-refractivity contribution is -0.116. The fourth-order valence-corrected chi connectivity index (χ4v) is 3.04. The minimum atomic E-state index is 0.0484. The van der Waals surface area contributed by atoms with Crippen LogP contribution in [-0.4, -0.2) is 32.2 Å². The minimum absolute atomic E-state index is 0.0484. The molecule has 1 aliphatic rings. The summed E-state index contributed by atoms with van der Waals surface area (Å²) in [4.78, 5) is 14.4. The molecule has 0 spiro atoms. The highest BCUT2D eigenvalue weighted by molar-refractivity contribution is 5.91. The smallest absolute Gasteiger partial charge is 0.224 e. The van der Waals surface area contributed by atoms with E-state index < -0.39 is 0 Å². The van der Waals surface area contributed by atoms with E-state index in [1.54, 1.807) is 7.11 Å². The number of methoxy groups -OCH3 is 1. The van der Waals surface area contributed by atoms with Crippen LogP contribution in [0, 0.1) is 0 Å². The molecule has 1 N–H and O–H groups in total. The van der Waals surface area contributed by atoms with Crippen molar-refractivity contribution in [2.75, 3.05) is 30.4 Å². The molecule has 1 amide bonds. The first-order valence-corrected chi connectivity index (χ1v) is 8.46. The molecule has 0 saturated carbocycles. The summed E-state index contributed by atoms with van der Waals surface area (Å²) in [6.07, 6.45) is 2.64. The summed E-state index contributed by atoms with van der Waals surface area (Å²) in [5.41, 5.74) is 3.21. The Balaban J connectivity index is 1.50. The normalized spacial score (nSPS) is 17.0. The Morgan fingerprint density at radius 1 is 1.17 bits per heavy atom. The average Bonchev–Trinajstić information content (AvgIpc) is 3.11. The van der Waals surface area contributed by atoms with E-state index in [1.165, 1.54) is 11.3 Å². The maximum absolute atomic E-state index is 12.1. The summed E-state index contributed by atoms with van der Waals surface area (Å²) < 4.78 is 5.40. The summed E-state index contributed by atoms with van der Waals surface area (Å²) in [5.74, 6) is 0.0484. The summed E-state index contributed by atoms with van der Waals surface area (Å²) in [5, 5.41) is 2.97. The zero-order valence-corrected chi connectivity index (χ0v) is 14.1. The van der Waals surface area contributed by atoms with Crippen molar-refractivity contribution in [3.63, 3.8) is 0 Å². The molecule has 1 heterocycles. The second kappa shape index (κ2) is 7.97. The Labute approximate surface area is 143 Å². The number of benzene rings is 2. The Bertz CT molecular complexity index is 655. The van der Waals surface area contributed by atoms with Crippen molar-refractivity contribution < 1.29 is 9.53 Å². The van der Waals surface area contributed by atoms with E-state index in [1.807, 2.05) is 42.5 Å². The van der Waals surface area contributed by atoms with Crippen LogP contribution in [0.3, 0.4) is 0 Å². The third-order valence-corrected chi connectivity index (χ3v) is 4.48. The number of aryl methyl sites for hydroxylation is 1. The Kier molecular flexibility index (Phi) is 5.49. The average molecular weight is 324 g/mol. The highest BCUT2D eigenvalue weighted by atomic mass is 16.5. The summed E-state index contributed by atoms with van der Waals surface area (Å²) >= 11 is 0. The molecule has 1 unspecified atom stereocenters. The lowest BCUT2D eigenvalue weighted by Gasteiger charge is -2.18. The molecular formula is C20H24N2O2. The van der Waals surface area contributed by atoms with E-state index in [0.717, 1.165) is 31.6 Å². The number of ether oxygens (including phenoxy) is 1. The van der Waals surface area contributed by atoms with Crippen molar-refractivity contribution in [2.45, 2.75) is 25.4 Å². The number of amides is 1. The van der Waals surface area contributed by atoms with E-state index in [9.17, 15) is 4.79 Å². The van der Waals surface area contributed by atoms with Gasteiger partial charge in [0.05, 0.1) is 6.10 Å². The number of nitrogens with zero attached hydrogens (tertiary/aromatic N) is 1. The quantitative estimate of drug-likeness (QED) is 0.884. The van der Waals surface area contributed by atoms with Gasteiger partial charge in [-0.3, -0.25) is 4.79 Å². The van der Waals surface area contributed by atoms with Crippen molar-refractivity contribution in [2.24, 2.45) is 0 Å². The molecule has 0 radical (unpaired) electrons. The largest absolute Gasteiger partial charge is 0.380 e. The molecule has 4 nitrogen and oxygen atoms in total. The molecule has 0 aliphatic carbocycles. The van der Waals surface area contributed by atoms with Gasteiger partial charge in [0, 0.05) is 38.0 Å². The van der Waals surface area contributed by atoms with Crippen molar-refractivity contribution in [1.29, 1.82) is 0 Å². The number of nitrogens with one attached hydrogen (secondary N) is 1. The predicted molar refractivity (Wildman–Crippen MR) is 97.5 cm³/mol. The van der Waals surface area contributed by atoms with Gasteiger partial charge in [0.1, 0.15) is 0 Å². The SMILES string of the molecule is COC1CCN(c2ccc(NC(=O)CCc3ccccc3)cc2)C1. The van der Waals surface area contributed by atoms with E-state index in [-0.39, 0.29) is 5.91 Å². The van der Waals surface area contributed by atoms with Gasteiger partial charge in [-0.05, 0) is 42.7 Å². The van der Waals surface area contributed by atoms with E-state index >= 15 is 0 Å². The molecule has 0 aromatic heterocycles. The van der Waals surface area contributed by atoms with Crippen molar-refractivity contribution in [1.82, 2.24) is 0 Å². The molecule has 1 saturated heterocycles. The maximum Gasteiger partial charge on any atom is 0.224 e. The fourth-order valence-electron chi connectivity index (χ4n) is 3.04. The molecule has 2 aromatic rings. The van der Waals surface area contributed by atoms with Crippen molar-refractivity contribution in [3.05, 3.63) is 60.2 Å². The van der Waals surface area contributed by atoms with Crippen molar-refractivity contribution in [3.8, 4) is 0 Å². The van der Waals surface area contributed by atoms with E-state index in [2.05, 4.69) is 22.3 Å². The molecule has 1 fully saturated rings. The Morgan fingerprint density at radius 2 is 1.92 bits per heavy atom. The van der Waals surface area contributed by atoms with Crippen LogP contribution in [0.5, 0.6) is 0 Å². The van der Waals surface area contributed by atoms with Crippen LogP contribution < -0.4 is 10.2 Å². The first-order chi connectivity index (χ1) is 11.7. The molecule has 0 bridgehead atoms. The van der Waals surface area contributed by atoms with Crippen LogP contribution in [0.25, 0.3) is 0 Å². The van der Waals surface area contributed by atoms with Crippen LogP contribution in [0.4, 0.5) is 11.4 Å². The second-order valence-corrected chi connectivity index (χ2v) is 6.17. The monoisotopic (exact) mass is 324 g/mol. The third kappa shape index (κ3) is 4.36. The Morgan fingerprint density at radius 3 is 2.58 bits per heavy atom. The number of rotatable bonds is 6. The number of hydrogen-bond donors (Lipinski definition) is 1. The molecule has 2 aromatic carbocycles. The van der Waals surface area contributed by atoms with E-state index in [4.69, 9.17) is 4.74 Å². The van der Waals surface area contributed by atoms with Crippen molar-refractivity contribution >= 4 is 17.3 Å². The van der Waals surface area contributed by atoms with E-state index in [0.29, 0.717) is 12.5 Å². The first-order valence-electron chi connectivity index (χ1n) is 8.46. The molecule has 4 heteroatoms. The number of hydrogen-bond acceptors (Lipinski definition) is 3. The predicted octanol–water partition coefficient (Wildman–Crippen LogP) is 3.48.